The Kier molecular flexibility index (Phi) is 4.34. The first-order chi connectivity index (χ1) is 8.33. The van der Waals surface area contributed by atoms with E-state index in [1.54, 1.807) is 25.6 Å². The maximum absolute atomic E-state index is 9.21. The van der Waals surface area contributed by atoms with Gasteiger partial charge in [0.2, 0.25) is 0 Å². The van der Waals surface area contributed by atoms with Crippen molar-refractivity contribution in [1.82, 2.24) is 4.98 Å². The topological polar surface area (TPSA) is 51.6 Å². The van der Waals surface area contributed by atoms with Crippen LogP contribution in [0.3, 0.4) is 0 Å². The minimum Gasteiger partial charge on any atom is -0.488 e. The quantitative estimate of drug-likeness (QED) is 0.869. The van der Waals surface area contributed by atoms with Gasteiger partial charge in [0, 0.05) is 25.3 Å². The summed E-state index contributed by atoms with van der Waals surface area (Å²) in [4.78, 5) is 4.03. The molecule has 2 rings (SSSR count). The van der Waals surface area contributed by atoms with Crippen LogP contribution in [0.5, 0.6) is 5.75 Å². The van der Waals surface area contributed by atoms with Gasteiger partial charge in [-0.15, -0.1) is 0 Å². The average molecular weight is 237 g/mol. The Hall–Kier alpha value is -1.13. The van der Waals surface area contributed by atoms with Crippen molar-refractivity contribution in [1.29, 1.82) is 0 Å². The molecule has 0 radical (unpaired) electrons. The molecule has 0 aliphatic heterocycles. The van der Waals surface area contributed by atoms with Crippen LogP contribution in [0, 0.1) is 0 Å². The number of rotatable bonds is 4. The average Bonchev–Trinajstić information content (AvgIpc) is 2.39. The van der Waals surface area contributed by atoms with Gasteiger partial charge in [0.25, 0.3) is 0 Å². The largest absolute Gasteiger partial charge is 0.488 e. The molecule has 1 heterocycles. The summed E-state index contributed by atoms with van der Waals surface area (Å²) in [6.07, 6.45) is 7.98. The van der Waals surface area contributed by atoms with Crippen LogP contribution in [0.4, 0.5) is 0 Å². The first-order valence-corrected chi connectivity index (χ1v) is 6.06. The molecule has 94 valence electrons. The molecule has 4 heteroatoms. The van der Waals surface area contributed by atoms with Crippen molar-refractivity contribution in [3.8, 4) is 5.75 Å². The summed E-state index contributed by atoms with van der Waals surface area (Å²) in [7, 11) is 1.75. The van der Waals surface area contributed by atoms with Crippen molar-refractivity contribution < 1.29 is 14.6 Å². The van der Waals surface area contributed by atoms with Gasteiger partial charge in [-0.05, 0) is 25.3 Å². The van der Waals surface area contributed by atoms with Crippen molar-refractivity contribution >= 4 is 0 Å². The zero-order valence-electron chi connectivity index (χ0n) is 10.1. The maximum atomic E-state index is 9.21. The predicted molar refractivity (Wildman–Crippen MR) is 63.8 cm³/mol. The van der Waals surface area contributed by atoms with Crippen LogP contribution < -0.4 is 4.74 Å². The molecule has 1 N–H and O–H groups in total. The third kappa shape index (κ3) is 3.17. The van der Waals surface area contributed by atoms with Crippen LogP contribution >= 0.6 is 0 Å². The summed E-state index contributed by atoms with van der Waals surface area (Å²) >= 11 is 0. The van der Waals surface area contributed by atoms with E-state index in [4.69, 9.17) is 9.47 Å². The van der Waals surface area contributed by atoms with Crippen molar-refractivity contribution in [3.05, 3.63) is 24.0 Å². The van der Waals surface area contributed by atoms with E-state index in [1.165, 1.54) is 0 Å². The number of aliphatic hydroxyl groups is 1. The van der Waals surface area contributed by atoms with Gasteiger partial charge < -0.3 is 14.6 Å². The van der Waals surface area contributed by atoms with Crippen LogP contribution in [-0.2, 0) is 11.3 Å². The Morgan fingerprint density at radius 1 is 1.41 bits per heavy atom. The first-order valence-electron chi connectivity index (χ1n) is 6.06. The Balaban J connectivity index is 2.00. The molecule has 1 saturated carbocycles. The molecule has 0 bridgehead atoms. The van der Waals surface area contributed by atoms with Gasteiger partial charge in [0.1, 0.15) is 11.9 Å². The predicted octanol–water partition coefficient (Wildman–Crippen LogP) is 1.91. The Morgan fingerprint density at radius 3 is 3.00 bits per heavy atom. The number of aliphatic hydroxyl groups excluding tert-OH is 1. The van der Waals surface area contributed by atoms with Crippen LogP contribution in [-0.4, -0.2) is 29.4 Å². The third-order valence-corrected chi connectivity index (χ3v) is 3.25. The van der Waals surface area contributed by atoms with E-state index in [0.717, 1.165) is 31.2 Å². The Morgan fingerprint density at radius 2 is 2.24 bits per heavy atom. The molecular weight excluding hydrogens is 218 g/mol. The lowest BCUT2D eigenvalue weighted by Gasteiger charge is -2.29. The molecule has 17 heavy (non-hydrogen) atoms. The number of methoxy groups -OCH3 is 1. The fourth-order valence-electron chi connectivity index (χ4n) is 2.25. The van der Waals surface area contributed by atoms with E-state index in [0.29, 0.717) is 11.9 Å². The van der Waals surface area contributed by atoms with Crippen molar-refractivity contribution in [2.75, 3.05) is 7.11 Å². The monoisotopic (exact) mass is 237 g/mol. The summed E-state index contributed by atoms with van der Waals surface area (Å²) < 4.78 is 11.3. The Labute approximate surface area is 102 Å². The second kappa shape index (κ2) is 5.98. The zero-order valence-corrected chi connectivity index (χ0v) is 10.1. The standard InChI is InChI=1S/C13H19NO3/c1-16-11-3-2-4-12(7-11)17-13-8-14-6-5-10(13)9-15/h5-6,8,11-12,15H,2-4,7,9H2,1H3. The highest BCUT2D eigenvalue weighted by Crippen LogP contribution is 2.26. The first kappa shape index (κ1) is 12.3. The molecule has 1 aliphatic rings. The summed E-state index contributed by atoms with van der Waals surface area (Å²) in [5, 5.41) is 9.21. The van der Waals surface area contributed by atoms with Gasteiger partial charge in [-0.2, -0.15) is 0 Å². The second-order valence-electron chi connectivity index (χ2n) is 4.41. The number of aromatic nitrogens is 1. The molecule has 1 aliphatic carbocycles. The van der Waals surface area contributed by atoms with Crippen LogP contribution in [0.15, 0.2) is 18.5 Å². The molecule has 1 fully saturated rings. The van der Waals surface area contributed by atoms with Crippen LogP contribution in [0.1, 0.15) is 31.2 Å². The van der Waals surface area contributed by atoms with Crippen molar-refractivity contribution in [2.45, 2.75) is 44.5 Å². The number of hydrogen-bond acceptors (Lipinski definition) is 4. The summed E-state index contributed by atoms with van der Waals surface area (Å²) in [5.41, 5.74) is 0.791. The van der Waals surface area contributed by atoms with Gasteiger partial charge in [-0.25, -0.2) is 0 Å². The minimum absolute atomic E-state index is 0.0156. The lowest BCUT2D eigenvalue weighted by Crippen LogP contribution is -2.29. The normalized spacial score (nSPS) is 24.6. The smallest absolute Gasteiger partial charge is 0.143 e. The second-order valence-corrected chi connectivity index (χ2v) is 4.41. The summed E-state index contributed by atoms with van der Waals surface area (Å²) in [5.74, 6) is 0.691. The molecule has 0 saturated heterocycles. The lowest BCUT2D eigenvalue weighted by molar-refractivity contribution is 0.0202. The van der Waals surface area contributed by atoms with Crippen LogP contribution in [0.25, 0.3) is 0 Å². The van der Waals surface area contributed by atoms with E-state index < -0.39 is 0 Å². The number of hydrogen-bond donors (Lipinski definition) is 1. The van der Waals surface area contributed by atoms with Gasteiger partial charge in [0.15, 0.2) is 0 Å². The molecule has 1 aromatic heterocycles. The summed E-state index contributed by atoms with van der Waals surface area (Å²) in [6, 6.07) is 1.78. The number of pyridine rings is 1. The van der Waals surface area contributed by atoms with E-state index in [9.17, 15) is 5.11 Å². The minimum atomic E-state index is -0.0156. The fourth-order valence-corrected chi connectivity index (χ4v) is 2.25. The van der Waals surface area contributed by atoms with Gasteiger partial charge >= 0.3 is 0 Å². The third-order valence-electron chi connectivity index (χ3n) is 3.25. The molecule has 0 amide bonds. The highest BCUT2D eigenvalue weighted by atomic mass is 16.5. The van der Waals surface area contributed by atoms with Crippen molar-refractivity contribution in [2.24, 2.45) is 0 Å². The highest BCUT2D eigenvalue weighted by Gasteiger charge is 2.23. The molecule has 0 spiro atoms. The molecular formula is C13H19NO3. The Bertz CT molecular complexity index is 356. The molecule has 2 unspecified atom stereocenters. The van der Waals surface area contributed by atoms with E-state index >= 15 is 0 Å². The number of nitrogens with zero attached hydrogens (tertiary/aromatic N) is 1. The summed E-state index contributed by atoms with van der Waals surface area (Å²) in [6.45, 7) is -0.0156. The van der Waals surface area contributed by atoms with Gasteiger partial charge in [0.05, 0.1) is 18.9 Å². The van der Waals surface area contributed by atoms with E-state index in [2.05, 4.69) is 4.98 Å². The van der Waals surface area contributed by atoms with Crippen molar-refractivity contribution in [3.63, 3.8) is 0 Å². The van der Waals surface area contributed by atoms with Crippen LogP contribution in [0.2, 0.25) is 0 Å². The number of ether oxygens (including phenoxy) is 2. The molecule has 0 aromatic carbocycles. The molecule has 4 nitrogen and oxygen atoms in total. The molecule has 2 atom stereocenters. The van der Waals surface area contributed by atoms with E-state index in [-0.39, 0.29) is 12.7 Å². The van der Waals surface area contributed by atoms with Gasteiger partial charge in [-0.1, -0.05) is 0 Å². The lowest BCUT2D eigenvalue weighted by atomic mass is 9.95. The SMILES string of the molecule is COC1CCCC(Oc2cnccc2CO)C1. The van der Waals surface area contributed by atoms with Gasteiger partial charge in [-0.3, -0.25) is 4.98 Å². The zero-order chi connectivity index (χ0) is 12.1. The maximum Gasteiger partial charge on any atom is 0.143 e. The fraction of sp³-hybridized carbons (Fsp3) is 0.615. The van der Waals surface area contributed by atoms with E-state index in [1.807, 2.05) is 0 Å². The highest BCUT2D eigenvalue weighted by molar-refractivity contribution is 5.29. The molecule has 1 aromatic rings.